The summed E-state index contributed by atoms with van der Waals surface area (Å²) in [6, 6.07) is 7.47. The van der Waals surface area contributed by atoms with Gasteiger partial charge in [0.25, 0.3) is 0 Å². The zero-order valence-electron chi connectivity index (χ0n) is 10.3. The molecule has 0 radical (unpaired) electrons. The highest BCUT2D eigenvalue weighted by Crippen LogP contribution is 2.43. The number of aliphatic carboxylic acids is 1. The number of carboxylic acid groups (broad SMARTS) is 1. The largest absolute Gasteiger partial charge is 0.481 e. The first-order chi connectivity index (χ1) is 8.43. The third-order valence-corrected chi connectivity index (χ3v) is 4.29. The maximum atomic E-state index is 11.2. The highest BCUT2D eigenvalue weighted by atomic mass is 35.5. The number of aliphatic hydroxyl groups is 1. The molecule has 98 valence electrons. The summed E-state index contributed by atoms with van der Waals surface area (Å²) in [4.78, 5) is 11.2. The van der Waals surface area contributed by atoms with Gasteiger partial charge in [-0.2, -0.15) is 0 Å². The molecule has 1 aliphatic carbocycles. The number of hydrogen-bond acceptors (Lipinski definition) is 2. The van der Waals surface area contributed by atoms with Crippen molar-refractivity contribution in [3.05, 3.63) is 34.9 Å². The lowest BCUT2D eigenvalue weighted by atomic mass is 9.83. The van der Waals surface area contributed by atoms with Crippen LogP contribution in [0.3, 0.4) is 0 Å². The van der Waals surface area contributed by atoms with Gasteiger partial charge < -0.3 is 10.2 Å². The van der Waals surface area contributed by atoms with Crippen molar-refractivity contribution in [2.24, 2.45) is 11.3 Å². The summed E-state index contributed by atoms with van der Waals surface area (Å²) >= 11 is 5.82. The minimum atomic E-state index is -1.00. The van der Waals surface area contributed by atoms with Gasteiger partial charge in [0, 0.05) is 5.02 Å². The number of carboxylic acids is 1. The lowest BCUT2D eigenvalue weighted by Gasteiger charge is -2.25. The third-order valence-electron chi connectivity index (χ3n) is 4.03. The first-order valence-electron chi connectivity index (χ1n) is 6.09. The lowest BCUT2D eigenvalue weighted by Crippen LogP contribution is -2.38. The smallest absolute Gasteiger partial charge is 0.311 e. The van der Waals surface area contributed by atoms with Gasteiger partial charge in [-0.1, -0.05) is 23.7 Å². The summed E-state index contributed by atoms with van der Waals surface area (Å²) in [5.74, 6) is -0.902. The molecule has 0 heterocycles. The predicted molar refractivity (Wildman–Crippen MR) is 69.6 cm³/mol. The molecule has 0 bridgehead atoms. The molecule has 2 N–H and O–H groups in total. The van der Waals surface area contributed by atoms with Crippen LogP contribution in [0.4, 0.5) is 0 Å². The van der Waals surface area contributed by atoms with Crippen molar-refractivity contribution in [2.45, 2.75) is 32.3 Å². The predicted octanol–water partition coefficient (Wildman–Crippen LogP) is 2.74. The molecule has 1 aromatic carbocycles. The van der Waals surface area contributed by atoms with E-state index in [4.69, 9.17) is 11.6 Å². The van der Waals surface area contributed by atoms with Gasteiger partial charge in [0.1, 0.15) is 0 Å². The summed E-state index contributed by atoms with van der Waals surface area (Å²) in [6.07, 6.45) is 1.18. The average molecular weight is 269 g/mol. The van der Waals surface area contributed by atoms with Gasteiger partial charge in [-0.05, 0) is 49.8 Å². The topological polar surface area (TPSA) is 57.5 Å². The maximum Gasteiger partial charge on any atom is 0.311 e. The molecule has 2 rings (SSSR count). The fraction of sp³-hybridized carbons (Fsp3) is 0.500. The van der Waals surface area contributed by atoms with Gasteiger partial charge in [-0.25, -0.2) is 0 Å². The summed E-state index contributed by atoms with van der Waals surface area (Å²) in [6.45, 7) is 1.63. The number of benzene rings is 1. The van der Waals surface area contributed by atoms with Crippen molar-refractivity contribution >= 4 is 17.6 Å². The second-order valence-corrected chi connectivity index (χ2v) is 5.73. The average Bonchev–Trinajstić information content (AvgIpc) is 2.62. The van der Waals surface area contributed by atoms with E-state index in [0.29, 0.717) is 17.9 Å². The van der Waals surface area contributed by atoms with E-state index in [1.165, 1.54) is 0 Å². The fourth-order valence-corrected chi connectivity index (χ4v) is 2.81. The Kier molecular flexibility index (Phi) is 3.64. The molecular formula is C14H17ClO3. The van der Waals surface area contributed by atoms with Crippen LogP contribution in [0.2, 0.25) is 5.02 Å². The van der Waals surface area contributed by atoms with Crippen LogP contribution in [0, 0.1) is 11.3 Å². The Hall–Kier alpha value is -1.06. The van der Waals surface area contributed by atoms with E-state index in [1.807, 2.05) is 24.3 Å². The Balaban J connectivity index is 2.08. The quantitative estimate of drug-likeness (QED) is 0.886. The first-order valence-corrected chi connectivity index (χ1v) is 6.47. The maximum absolute atomic E-state index is 11.2. The van der Waals surface area contributed by atoms with Gasteiger partial charge >= 0.3 is 5.97 Å². The van der Waals surface area contributed by atoms with Crippen LogP contribution in [0.25, 0.3) is 0 Å². The molecule has 3 atom stereocenters. The van der Waals surface area contributed by atoms with Crippen LogP contribution in [-0.2, 0) is 11.2 Å². The molecule has 0 spiro atoms. The molecule has 3 nitrogen and oxygen atoms in total. The van der Waals surface area contributed by atoms with E-state index >= 15 is 0 Å². The molecule has 0 aliphatic heterocycles. The molecule has 1 aromatic rings. The molecule has 0 saturated heterocycles. The van der Waals surface area contributed by atoms with Gasteiger partial charge in [0.15, 0.2) is 0 Å². The summed E-state index contributed by atoms with van der Waals surface area (Å²) < 4.78 is 0. The molecule has 18 heavy (non-hydrogen) atoms. The number of carbonyl (C=O) groups is 1. The monoisotopic (exact) mass is 268 g/mol. The zero-order chi connectivity index (χ0) is 13.3. The standard InChI is InChI=1S/C14H17ClO3/c1-14(13(17)18)7-6-10(12(14)16)8-9-2-4-11(15)5-3-9/h2-5,10,12,16H,6-8H2,1H3,(H,17,18). The first kappa shape index (κ1) is 13.4. The second kappa shape index (κ2) is 4.90. The van der Waals surface area contributed by atoms with E-state index in [9.17, 15) is 15.0 Å². The summed E-state index contributed by atoms with van der Waals surface area (Å²) in [7, 11) is 0. The molecule has 1 aliphatic rings. The van der Waals surface area contributed by atoms with Gasteiger partial charge in [0.2, 0.25) is 0 Å². The Morgan fingerprint density at radius 2 is 2.06 bits per heavy atom. The molecular weight excluding hydrogens is 252 g/mol. The number of rotatable bonds is 3. The lowest BCUT2D eigenvalue weighted by molar-refractivity contribution is -0.153. The molecule has 1 fully saturated rings. The molecule has 1 saturated carbocycles. The highest BCUT2D eigenvalue weighted by Gasteiger charge is 2.49. The number of aliphatic hydroxyl groups excluding tert-OH is 1. The van der Waals surface area contributed by atoms with Gasteiger partial charge in [-0.15, -0.1) is 0 Å². The van der Waals surface area contributed by atoms with Crippen molar-refractivity contribution in [1.29, 1.82) is 0 Å². The van der Waals surface area contributed by atoms with Crippen molar-refractivity contribution in [2.75, 3.05) is 0 Å². The zero-order valence-corrected chi connectivity index (χ0v) is 11.0. The fourth-order valence-electron chi connectivity index (χ4n) is 2.68. The molecule has 0 aromatic heterocycles. The van der Waals surface area contributed by atoms with Crippen molar-refractivity contribution in [3.63, 3.8) is 0 Å². The van der Waals surface area contributed by atoms with Gasteiger partial charge in [-0.3, -0.25) is 4.79 Å². The van der Waals surface area contributed by atoms with Crippen molar-refractivity contribution in [1.82, 2.24) is 0 Å². The Morgan fingerprint density at radius 1 is 1.44 bits per heavy atom. The SMILES string of the molecule is CC1(C(=O)O)CCC(Cc2ccc(Cl)cc2)C1O. The molecule has 3 unspecified atom stereocenters. The second-order valence-electron chi connectivity index (χ2n) is 5.30. The van der Waals surface area contributed by atoms with Crippen LogP contribution >= 0.6 is 11.6 Å². The minimum Gasteiger partial charge on any atom is -0.481 e. The summed E-state index contributed by atoms with van der Waals surface area (Å²) in [5.41, 5.74) is 0.0787. The van der Waals surface area contributed by atoms with Crippen LogP contribution < -0.4 is 0 Å². The minimum absolute atomic E-state index is 0.00674. The normalized spacial score (nSPS) is 31.5. The van der Waals surface area contributed by atoms with Crippen LogP contribution in [-0.4, -0.2) is 22.3 Å². The van der Waals surface area contributed by atoms with E-state index in [0.717, 1.165) is 12.0 Å². The van der Waals surface area contributed by atoms with Crippen LogP contribution in [0.15, 0.2) is 24.3 Å². The van der Waals surface area contributed by atoms with E-state index in [2.05, 4.69) is 0 Å². The van der Waals surface area contributed by atoms with E-state index in [-0.39, 0.29) is 5.92 Å². The summed E-state index contributed by atoms with van der Waals surface area (Å²) in [5, 5.41) is 20.1. The van der Waals surface area contributed by atoms with Crippen molar-refractivity contribution < 1.29 is 15.0 Å². The van der Waals surface area contributed by atoms with E-state index in [1.54, 1.807) is 6.92 Å². The number of hydrogen-bond donors (Lipinski definition) is 2. The molecule has 4 heteroatoms. The Morgan fingerprint density at radius 3 is 2.56 bits per heavy atom. The highest BCUT2D eigenvalue weighted by molar-refractivity contribution is 6.30. The number of halogens is 1. The van der Waals surface area contributed by atoms with E-state index < -0.39 is 17.5 Å². The Bertz CT molecular complexity index is 443. The Labute approximate surface area is 111 Å². The third kappa shape index (κ3) is 2.38. The van der Waals surface area contributed by atoms with Crippen LogP contribution in [0.1, 0.15) is 25.3 Å². The van der Waals surface area contributed by atoms with Crippen LogP contribution in [0.5, 0.6) is 0 Å². The van der Waals surface area contributed by atoms with Gasteiger partial charge in [0.05, 0.1) is 11.5 Å². The molecule has 0 amide bonds. The van der Waals surface area contributed by atoms with Crippen molar-refractivity contribution in [3.8, 4) is 0 Å².